The minimum Gasteiger partial charge on any atom is -0.477 e. The number of aromatic carboxylic acids is 1. The predicted molar refractivity (Wildman–Crippen MR) is 57.8 cm³/mol. The molecule has 0 spiro atoms. The molecule has 1 aliphatic heterocycles. The zero-order chi connectivity index (χ0) is 11.7. The van der Waals surface area contributed by atoms with Crippen molar-refractivity contribution in [2.45, 2.75) is 13.5 Å². The van der Waals surface area contributed by atoms with Crippen LogP contribution in [0.3, 0.4) is 0 Å². The lowest BCUT2D eigenvalue weighted by Gasteiger charge is -2.11. The van der Waals surface area contributed by atoms with Gasteiger partial charge in [-0.05, 0) is 18.6 Å². The second-order valence-corrected chi connectivity index (χ2v) is 4.79. The summed E-state index contributed by atoms with van der Waals surface area (Å²) in [5.74, 6) is -0.927. The maximum Gasteiger partial charge on any atom is 0.410 e. The molecule has 6 heteroatoms. The van der Waals surface area contributed by atoms with E-state index >= 15 is 0 Å². The largest absolute Gasteiger partial charge is 0.477 e. The summed E-state index contributed by atoms with van der Waals surface area (Å²) in [5.41, 5.74) is 0.876. The average Bonchev–Trinajstić information content (AvgIpc) is 2.76. The fourth-order valence-corrected chi connectivity index (χ4v) is 2.43. The van der Waals surface area contributed by atoms with Crippen molar-refractivity contribution in [2.75, 3.05) is 13.2 Å². The van der Waals surface area contributed by atoms with Gasteiger partial charge in [0.25, 0.3) is 0 Å². The van der Waals surface area contributed by atoms with E-state index in [0.717, 1.165) is 10.4 Å². The van der Waals surface area contributed by atoms with Crippen molar-refractivity contribution in [3.8, 4) is 0 Å². The third-order valence-electron chi connectivity index (χ3n) is 2.44. The molecule has 0 aliphatic carbocycles. The van der Waals surface area contributed by atoms with Crippen molar-refractivity contribution in [1.82, 2.24) is 4.90 Å². The van der Waals surface area contributed by atoms with E-state index < -0.39 is 5.97 Å². The Hall–Kier alpha value is -1.56. The van der Waals surface area contributed by atoms with Crippen LogP contribution in [0.4, 0.5) is 4.79 Å². The lowest BCUT2D eigenvalue weighted by Crippen LogP contribution is -2.23. The van der Waals surface area contributed by atoms with Gasteiger partial charge in [0.1, 0.15) is 11.5 Å². The van der Waals surface area contributed by atoms with Crippen LogP contribution in [0.1, 0.15) is 20.1 Å². The summed E-state index contributed by atoms with van der Waals surface area (Å²) < 4.78 is 4.81. The first-order valence-electron chi connectivity index (χ1n) is 4.82. The van der Waals surface area contributed by atoms with Crippen LogP contribution >= 0.6 is 11.3 Å². The third-order valence-corrected chi connectivity index (χ3v) is 3.52. The lowest BCUT2D eigenvalue weighted by molar-refractivity contribution is 0.0702. The van der Waals surface area contributed by atoms with Crippen LogP contribution in [0.2, 0.25) is 0 Å². The Morgan fingerprint density at radius 2 is 2.44 bits per heavy atom. The summed E-state index contributed by atoms with van der Waals surface area (Å²) in [6, 6.07) is 1.62. The molecule has 86 valence electrons. The first-order chi connectivity index (χ1) is 7.58. The van der Waals surface area contributed by atoms with Crippen LogP contribution in [0.25, 0.3) is 0 Å². The first-order valence-corrected chi connectivity index (χ1v) is 5.64. The number of carbonyl (C=O) groups is 2. The molecular weight excluding hydrogens is 230 g/mol. The van der Waals surface area contributed by atoms with E-state index in [1.807, 2.05) is 6.92 Å². The molecule has 5 nitrogen and oxygen atoms in total. The molecule has 2 rings (SSSR count). The minimum atomic E-state index is -0.927. The number of nitrogens with zero attached hydrogens (tertiary/aromatic N) is 1. The standard InChI is InChI=1S/C10H11NO4S/c1-6-7(4-8(16-6)9(12)13)5-11-2-3-15-10(11)14/h4H,2-3,5H2,1H3,(H,12,13). The van der Waals surface area contributed by atoms with Gasteiger partial charge < -0.3 is 14.7 Å². The number of carbonyl (C=O) groups excluding carboxylic acids is 1. The molecular formula is C10H11NO4S. The molecule has 1 N–H and O–H groups in total. The molecule has 0 radical (unpaired) electrons. The van der Waals surface area contributed by atoms with Crippen molar-refractivity contribution in [3.05, 3.63) is 21.4 Å². The Morgan fingerprint density at radius 1 is 1.69 bits per heavy atom. The highest BCUT2D eigenvalue weighted by Gasteiger charge is 2.23. The highest BCUT2D eigenvalue weighted by molar-refractivity contribution is 7.14. The van der Waals surface area contributed by atoms with Gasteiger partial charge in [0.05, 0.1) is 13.1 Å². The third kappa shape index (κ3) is 2.01. The Balaban J connectivity index is 2.15. The van der Waals surface area contributed by atoms with Crippen molar-refractivity contribution < 1.29 is 19.4 Å². The summed E-state index contributed by atoms with van der Waals surface area (Å²) in [7, 11) is 0. The van der Waals surface area contributed by atoms with Crippen LogP contribution < -0.4 is 0 Å². The van der Waals surface area contributed by atoms with Crippen molar-refractivity contribution >= 4 is 23.4 Å². The van der Waals surface area contributed by atoms with Crippen LogP contribution in [-0.4, -0.2) is 35.2 Å². The van der Waals surface area contributed by atoms with Gasteiger partial charge in [-0.1, -0.05) is 0 Å². The Kier molecular flexibility index (Phi) is 2.82. The van der Waals surface area contributed by atoms with Crippen molar-refractivity contribution in [2.24, 2.45) is 0 Å². The SMILES string of the molecule is Cc1sc(C(=O)O)cc1CN1CCOC1=O. The fraction of sp³-hybridized carbons (Fsp3) is 0.400. The quantitative estimate of drug-likeness (QED) is 0.874. The summed E-state index contributed by atoms with van der Waals surface area (Å²) in [6.07, 6.45) is -0.331. The molecule has 0 aromatic carbocycles. The highest BCUT2D eigenvalue weighted by Crippen LogP contribution is 2.23. The molecule has 16 heavy (non-hydrogen) atoms. The predicted octanol–water partition coefficient (Wildman–Crippen LogP) is 1.71. The van der Waals surface area contributed by atoms with E-state index in [0.29, 0.717) is 24.6 Å². The molecule has 2 heterocycles. The zero-order valence-corrected chi connectivity index (χ0v) is 9.54. The lowest BCUT2D eigenvalue weighted by atomic mass is 10.2. The fourth-order valence-electron chi connectivity index (χ4n) is 1.56. The van der Waals surface area contributed by atoms with E-state index in [9.17, 15) is 9.59 Å². The molecule has 0 atom stereocenters. The van der Waals surface area contributed by atoms with E-state index in [1.54, 1.807) is 11.0 Å². The number of thiophene rings is 1. The number of hydrogen-bond acceptors (Lipinski definition) is 4. The van der Waals surface area contributed by atoms with Crippen LogP contribution in [0, 0.1) is 6.92 Å². The summed E-state index contributed by atoms with van der Waals surface area (Å²) in [6.45, 7) is 3.26. The van der Waals surface area contributed by atoms with Gasteiger partial charge in [0, 0.05) is 4.88 Å². The number of carboxylic acids is 1. The number of rotatable bonds is 3. The first kappa shape index (κ1) is 10.9. The molecule has 0 saturated carbocycles. The summed E-state index contributed by atoms with van der Waals surface area (Å²) in [5, 5.41) is 8.84. The maximum absolute atomic E-state index is 11.2. The molecule has 1 aromatic heterocycles. The Labute approximate surface area is 96.2 Å². The number of hydrogen-bond donors (Lipinski definition) is 1. The van der Waals surface area contributed by atoms with E-state index in [-0.39, 0.29) is 6.09 Å². The van der Waals surface area contributed by atoms with Gasteiger partial charge in [-0.25, -0.2) is 9.59 Å². The molecule has 1 aliphatic rings. The van der Waals surface area contributed by atoms with Crippen LogP contribution in [-0.2, 0) is 11.3 Å². The monoisotopic (exact) mass is 241 g/mol. The van der Waals surface area contributed by atoms with Gasteiger partial charge >= 0.3 is 12.1 Å². The summed E-state index contributed by atoms with van der Waals surface area (Å²) >= 11 is 1.23. The van der Waals surface area contributed by atoms with Crippen molar-refractivity contribution in [3.63, 3.8) is 0 Å². The Bertz CT molecular complexity index is 440. The number of aryl methyl sites for hydroxylation is 1. The van der Waals surface area contributed by atoms with Crippen molar-refractivity contribution in [1.29, 1.82) is 0 Å². The van der Waals surface area contributed by atoms with E-state index in [2.05, 4.69) is 0 Å². The normalized spacial score (nSPS) is 15.3. The van der Waals surface area contributed by atoms with Gasteiger partial charge in [-0.2, -0.15) is 0 Å². The van der Waals surface area contributed by atoms with Crippen LogP contribution in [0.5, 0.6) is 0 Å². The number of cyclic esters (lactones) is 1. The second kappa shape index (κ2) is 4.13. The number of ether oxygens (including phenoxy) is 1. The minimum absolute atomic E-state index is 0.306. The second-order valence-electron chi connectivity index (χ2n) is 3.53. The number of amides is 1. The van der Waals surface area contributed by atoms with E-state index in [1.165, 1.54) is 11.3 Å². The summed E-state index contributed by atoms with van der Waals surface area (Å²) in [4.78, 5) is 24.8. The smallest absolute Gasteiger partial charge is 0.410 e. The average molecular weight is 241 g/mol. The topological polar surface area (TPSA) is 66.8 Å². The molecule has 1 saturated heterocycles. The molecule has 1 amide bonds. The van der Waals surface area contributed by atoms with Gasteiger partial charge in [-0.3, -0.25) is 0 Å². The molecule has 1 aromatic rings. The zero-order valence-electron chi connectivity index (χ0n) is 8.73. The number of carboxylic acid groups (broad SMARTS) is 1. The van der Waals surface area contributed by atoms with E-state index in [4.69, 9.17) is 9.84 Å². The van der Waals surface area contributed by atoms with Gasteiger partial charge in [0.15, 0.2) is 0 Å². The Morgan fingerprint density at radius 3 is 2.94 bits per heavy atom. The van der Waals surface area contributed by atoms with Gasteiger partial charge in [-0.15, -0.1) is 11.3 Å². The maximum atomic E-state index is 11.2. The van der Waals surface area contributed by atoms with Crippen LogP contribution in [0.15, 0.2) is 6.07 Å². The van der Waals surface area contributed by atoms with Gasteiger partial charge in [0.2, 0.25) is 0 Å². The highest BCUT2D eigenvalue weighted by atomic mass is 32.1. The molecule has 0 bridgehead atoms. The molecule has 1 fully saturated rings. The molecule has 0 unspecified atom stereocenters.